The van der Waals surface area contributed by atoms with E-state index < -0.39 is 17.7 Å². The molecule has 0 fully saturated rings. The molecule has 152 valence electrons. The molecule has 0 radical (unpaired) electrons. The SMILES string of the molecule is Cc1cc(C)cc(N2C(=O)C(O)=C(C(=O)c3sc(C)nc3C)C2c2ccccc2)c1. The van der Waals surface area contributed by atoms with Crippen LogP contribution in [0.4, 0.5) is 5.69 Å². The van der Waals surface area contributed by atoms with E-state index in [9.17, 15) is 14.7 Å². The summed E-state index contributed by atoms with van der Waals surface area (Å²) in [6.45, 7) is 7.51. The number of carbonyl (C=O) groups excluding carboxylic acids is 2. The summed E-state index contributed by atoms with van der Waals surface area (Å²) < 4.78 is 0. The summed E-state index contributed by atoms with van der Waals surface area (Å²) in [5, 5.41) is 11.6. The highest BCUT2D eigenvalue weighted by atomic mass is 32.1. The number of hydrogen-bond acceptors (Lipinski definition) is 5. The standard InChI is InChI=1S/C24H22N2O3S/c1-13-10-14(2)12-18(11-13)26-20(17-8-6-5-7-9-17)19(22(28)24(26)29)21(27)23-15(3)25-16(4)30-23/h5-12,20,28H,1-4H3. The summed E-state index contributed by atoms with van der Waals surface area (Å²) in [4.78, 5) is 33.0. The van der Waals surface area contributed by atoms with Crippen LogP contribution in [0.2, 0.25) is 0 Å². The van der Waals surface area contributed by atoms with E-state index in [4.69, 9.17) is 0 Å². The molecule has 0 saturated carbocycles. The van der Waals surface area contributed by atoms with Crippen LogP contribution >= 0.6 is 11.3 Å². The van der Waals surface area contributed by atoms with E-state index in [1.54, 1.807) is 6.92 Å². The van der Waals surface area contributed by atoms with Crippen LogP contribution in [0.15, 0.2) is 59.9 Å². The van der Waals surface area contributed by atoms with Gasteiger partial charge in [0.05, 0.1) is 27.2 Å². The predicted octanol–water partition coefficient (Wildman–Crippen LogP) is 5.16. The average Bonchev–Trinajstić information content (AvgIpc) is 3.17. The molecule has 1 N–H and O–H groups in total. The van der Waals surface area contributed by atoms with Crippen LogP contribution in [0.25, 0.3) is 0 Å². The van der Waals surface area contributed by atoms with Crippen molar-refractivity contribution in [3.05, 3.63) is 92.1 Å². The number of rotatable bonds is 4. The average molecular weight is 419 g/mol. The molecule has 2 heterocycles. The summed E-state index contributed by atoms with van der Waals surface area (Å²) in [6.07, 6.45) is 0. The lowest BCUT2D eigenvalue weighted by atomic mass is 9.94. The first-order valence-corrected chi connectivity index (χ1v) is 10.5. The number of aromatic nitrogens is 1. The minimum Gasteiger partial charge on any atom is -0.503 e. The van der Waals surface area contributed by atoms with Gasteiger partial charge < -0.3 is 5.11 Å². The van der Waals surface area contributed by atoms with Gasteiger partial charge in [0.1, 0.15) is 0 Å². The van der Waals surface area contributed by atoms with Crippen molar-refractivity contribution in [2.75, 3.05) is 4.90 Å². The van der Waals surface area contributed by atoms with Gasteiger partial charge in [-0.3, -0.25) is 14.5 Å². The number of aliphatic hydroxyl groups is 1. The maximum atomic E-state index is 13.5. The summed E-state index contributed by atoms with van der Waals surface area (Å²) in [6, 6.07) is 14.4. The largest absolute Gasteiger partial charge is 0.503 e. The summed E-state index contributed by atoms with van der Waals surface area (Å²) >= 11 is 1.28. The van der Waals surface area contributed by atoms with Crippen molar-refractivity contribution in [1.29, 1.82) is 0 Å². The van der Waals surface area contributed by atoms with Crippen LogP contribution in [0.1, 0.15) is 43.1 Å². The third kappa shape index (κ3) is 3.33. The lowest BCUT2D eigenvalue weighted by Crippen LogP contribution is -2.31. The number of thiazole rings is 1. The molecule has 0 aliphatic carbocycles. The van der Waals surface area contributed by atoms with Gasteiger partial charge in [-0.25, -0.2) is 4.98 Å². The molecule has 3 aromatic rings. The number of nitrogens with zero attached hydrogens (tertiary/aromatic N) is 2. The third-order valence-corrected chi connectivity index (χ3v) is 6.23. The van der Waals surface area contributed by atoms with Crippen LogP contribution in [-0.4, -0.2) is 21.8 Å². The van der Waals surface area contributed by atoms with E-state index >= 15 is 0 Å². The molecule has 0 spiro atoms. The number of hydrogen-bond donors (Lipinski definition) is 1. The maximum Gasteiger partial charge on any atom is 0.294 e. The highest BCUT2D eigenvalue weighted by Crippen LogP contribution is 2.43. The van der Waals surface area contributed by atoms with E-state index in [0.717, 1.165) is 21.7 Å². The Morgan fingerprint density at radius 2 is 1.67 bits per heavy atom. The molecule has 1 aliphatic rings. The highest BCUT2D eigenvalue weighted by molar-refractivity contribution is 7.14. The number of ketones is 1. The molecule has 4 rings (SSSR count). The van der Waals surface area contributed by atoms with Crippen LogP contribution in [0, 0.1) is 27.7 Å². The van der Waals surface area contributed by atoms with Crippen molar-refractivity contribution in [2.24, 2.45) is 0 Å². The molecule has 0 saturated heterocycles. The highest BCUT2D eigenvalue weighted by Gasteiger charge is 2.45. The number of anilines is 1. The molecule has 1 aromatic heterocycles. The second-order valence-corrected chi connectivity index (χ2v) is 8.78. The van der Waals surface area contributed by atoms with Crippen molar-refractivity contribution in [3.63, 3.8) is 0 Å². The van der Waals surface area contributed by atoms with E-state index in [1.165, 1.54) is 16.2 Å². The Balaban J connectivity index is 1.91. The molecule has 1 atom stereocenters. The second-order valence-electron chi connectivity index (χ2n) is 7.57. The molecular formula is C24H22N2O3S. The van der Waals surface area contributed by atoms with E-state index in [-0.39, 0.29) is 11.4 Å². The zero-order valence-corrected chi connectivity index (χ0v) is 18.1. The van der Waals surface area contributed by atoms with Crippen molar-refractivity contribution in [3.8, 4) is 0 Å². The van der Waals surface area contributed by atoms with E-state index in [2.05, 4.69) is 4.98 Å². The first-order chi connectivity index (χ1) is 14.3. The van der Waals surface area contributed by atoms with Gasteiger partial charge in [0.15, 0.2) is 5.76 Å². The zero-order chi connectivity index (χ0) is 21.6. The molecule has 5 nitrogen and oxygen atoms in total. The minimum absolute atomic E-state index is 0.0945. The molecule has 1 aliphatic heterocycles. The monoisotopic (exact) mass is 418 g/mol. The Hall–Kier alpha value is -3.25. The number of amides is 1. The van der Waals surface area contributed by atoms with Gasteiger partial charge in [0.25, 0.3) is 5.91 Å². The Morgan fingerprint density at radius 3 is 2.23 bits per heavy atom. The molecule has 1 amide bonds. The summed E-state index contributed by atoms with van der Waals surface area (Å²) in [7, 11) is 0. The fraction of sp³-hybridized carbons (Fsp3) is 0.208. The number of benzene rings is 2. The molecule has 2 aromatic carbocycles. The van der Waals surface area contributed by atoms with E-state index in [1.807, 2.05) is 69.3 Å². The van der Waals surface area contributed by atoms with Gasteiger partial charge in [0, 0.05) is 5.69 Å². The van der Waals surface area contributed by atoms with Gasteiger partial charge in [0.2, 0.25) is 5.78 Å². The Bertz CT molecular complexity index is 1170. The smallest absolute Gasteiger partial charge is 0.294 e. The van der Waals surface area contributed by atoms with Crippen molar-refractivity contribution >= 4 is 28.7 Å². The second kappa shape index (κ2) is 7.54. The van der Waals surface area contributed by atoms with Gasteiger partial charge in [-0.15, -0.1) is 11.3 Å². The Kier molecular flexibility index (Phi) is 5.03. The van der Waals surface area contributed by atoms with E-state index in [0.29, 0.717) is 16.3 Å². The topological polar surface area (TPSA) is 70.5 Å². The van der Waals surface area contributed by atoms with Crippen LogP contribution in [-0.2, 0) is 4.79 Å². The van der Waals surface area contributed by atoms with Crippen LogP contribution in [0.3, 0.4) is 0 Å². The fourth-order valence-electron chi connectivity index (χ4n) is 4.01. The number of aryl methyl sites for hydroxylation is 4. The van der Waals surface area contributed by atoms with Crippen molar-refractivity contribution in [2.45, 2.75) is 33.7 Å². The zero-order valence-electron chi connectivity index (χ0n) is 17.3. The van der Waals surface area contributed by atoms with Crippen LogP contribution in [0.5, 0.6) is 0 Å². The lowest BCUT2D eigenvalue weighted by molar-refractivity contribution is -0.117. The summed E-state index contributed by atoms with van der Waals surface area (Å²) in [5.74, 6) is -1.43. The molecule has 1 unspecified atom stereocenters. The van der Waals surface area contributed by atoms with Crippen molar-refractivity contribution < 1.29 is 14.7 Å². The fourth-order valence-corrected chi connectivity index (χ4v) is 4.88. The number of aliphatic hydroxyl groups excluding tert-OH is 1. The Labute approximate surface area is 179 Å². The first-order valence-electron chi connectivity index (χ1n) is 9.66. The third-order valence-electron chi connectivity index (χ3n) is 5.16. The lowest BCUT2D eigenvalue weighted by Gasteiger charge is -2.27. The molecule has 30 heavy (non-hydrogen) atoms. The molecular weight excluding hydrogens is 396 g/mol. The van der Waals surface area contributed by atoms with Crippen molar-refractivity contribution in [1.82, 2.24) is 4.98 Å². The van der Waals surface area contributed by atoms with Gasteiger partial charge in [-0.1, -0.05) is 36.4 Å². The quantitative estimate of drug-likeness (QED) is 0.594. The normalized spacial score (nSPS) is 16.5. The number of carbonyl (C=O) groups is 2. The maximum absolute atomic E-state index is 13.5. The van der Waals surface area contributed by atoms with Gasteiger partial charge in [-0.2, -0.15) is 0 Å². The van der Waals surface area contributed by atoms with Crippen LogP contribution < -0.4 is 4.90 Å². The minimum atomic E-state index is -0.714. The number of Topliss-reactive ketones (excluding diaryl/α,β-unsaturated/α-hetero) is 1. The molecule has 0 bridgehead atoms. The van der Waals surface area contributed by atoms with Gasteiger partial charge >= 0.3 is 0 Å². The predicted molar refractivity (Wildman–Crippen MR) is 118 cm³/mol. The first kappa shape index (κ1) is 20.0. The summed E-state index contributed by atoms with van der Waals surface area (Å²) in [5.41, 5.74) is 4.11. The van der Waals surface area contributed by atoms with Gasteiger partial charge in [-0.05, 0) is 56.5 Å². The molecule has 6 heteroatoms. The Morgan fingerprint density at radius 1 is 1.03 bits per heavy atom.